The summed E-state index contributed by atoms with van der Waals surface area (Å²) in [6.07, 6.45) is 4.88. The highest BCUT2D eigenvalue weighted by atomic mass is 16.2. The van der Waals surface area contributed by atoms with Crippen LogP contribution in [0.15, 0.2) is 24.3 Å². The summed E-state index contributed by atoms with van der Waals surface area (Å²) in [6.45, 7) is 6.75. The number of nitrogens with zero attached hydrogens (tertiary/aromatic N) is 1. The average molecular weight is 361 g/mol. The first-order valence-corrected chi connectivity index (χ1v) is 9.71. The Balaban J connectivity index is 1.60. The number of urea groups is 1. The van der Waals surface area contributed by atoms with Gasteiger partial charge in [0.1, 0.15) is 0 Å². The van der Waals surface area contributed by atoms with E-state index in [1.54, 1.807) is 0 Å². The fourth-order valence-corrected chi connectivity index (χ4v) is 3.39. The topological polar surface area (TPSA) is 73.5 Å². The molecule has 1 fully saturated rings. The summed E-state index contributed by atoms with van der Waals surface area (Å²) in [7, 11) is 0. The van der Waals surface area contributed by atoms with Crippen LogP contribution in [0.3, 0.4) is 0 Å². The van der Waals surface area contributed by atoms with E-state index in [2.05, 4.69) is 46.8 Å². The molecule has 0 saturated heterocycles. The predicted molar refractivity (Wildman–Crippen MR) is 105 cm³/mol. The lowest BCUT2D eigenvalue weighted by Crippen LogP contribution is -2.42. The Hall–Kier alpha value is -2.24. The van der Waals surface area contributed by atoms with Gasteiger partial charge >= 0.3 is 6.03 Å². The highest BCUT2D eigenvalue weighted by molar-refractivity contribution is 5.78. The number of hydrogen-bond donors (Lipinski definition) is 3. The van der Waals surface area contributed by atoms with Gasteiger partial charge in [0, 0.05) is 44.3 Å². The number of benzene rings is 1. The van der Waals surface area contributed by atoms with Crippen LogP contribution in [-0.2, 0) is 4.79 Å². The number of nitrogens with one attached hydrogen (secondary N) is 3. The molecule has 0 aliphatic heterocycles. The first kappa shape index (κ1) is 20.1. The predicted octanol–water partition coefficient (Wildman–Crippen LogP) is 2.57. The van der Waals surface area contributed by atoms with Crippen molar-refractivity contribution in [1.29, 1.82) is 0 Å². The second kappa shape index (κ2) is 10.7. The van der Waals surface area contributed by atoms with Gasteiger partial charge in [0.25, 0.3) is 0 Å². The van der Waals surface area contributed by atoms with E-state index in [1.165, 1.54) is 24.1 Å². The maximum absolute atomic E-state index is 11.9. The molecule has 1 aromatic carbocycles. The summed E-state index contributed by atoms with van der Waals surface area (Å²) in [6, 6.07) is 8.36. The van der Waals surface area contributed by atoms with Crippen LogP contribution < -0.4 is 20.9 Å². The van der Waals surface area contributed by atoms with Crippen molar-refractivity contribution in [2.45, 2.75) is 52.0 Å². The van der Waals surface area contributed by atoms with Crippen molar-refractivity contribution < 1.29 is 9.59 Å². The molecule has 0 radical (unpaired) electrons. The second-order valence-electron chi connectivity index (χ2n) is 6.85. The van der Waals surface area contributed by atoms with Crippen molar-refractivity contribution in [3.8, 4) is 0 Å². The normalized spacial score (nSPS) is 14.1. The number of aryl methyl sites for hydroxylation is 1. The molecule has 1 saturated carbocycles. The Morgan fingerprint density at radius 2 is 1.81 bits per heavy atom. The first-order valence-electron chi connectivity index (χ1n) is 9.71. The van der Waals surface area contributed by atoms with Crippen LogP contribution in [0.4, 0.5) is 10.5 Å². The molecule has 3 amide bonds. The fourth-order valence-electron chi connectivity index (χ4n) is 3.39. The maximum atomic E-state index is 11.9. The van der Waals surface area contributed by atoms with Gasteiger partial charge in [-0.3, -0.25) is 4.79 Å². The lowest BCUT2D eigenvalue weighted by Gasteiger charge is -2.25. The molecule has 1 aliphatic carbocycles. The molecular weight excluding hydrogens is 328 g/mol. The third kappa shape index (κ3) is 6.58. The lowest BCUT2D eigenvalue weighted by molar-refractivity contribution is -0.121. The van der Waals surface area contributed by atoms with Crippen LogP contribution in [0.1, 0.15) is 44.6 Å². The summed E-state index contributed by atoms with van der Waals surface area (Å²) in [5.74, 6) is 0.0221. The quantitative estimate of drug-likeness (QED) is 0.634. The Bertz CT molecular complexity index is 585. The van der Waals surface area contributed by atoms with Gasteiger partial charge in [0.15, 0.2) is 0 Å². The van der Waals surface area contributed by atoms with Crippen LogP contribution in [0, 0.1) is 6.92 Å². The molecule has 0 heterocycles. The number of para-hydroxylation sites is 1. The van der Waals surface area contributed by atoms with Gasteiger partial charge in [0.05, 0.1) is 0 Å². The number of amides is 3. The molecule has 0 atom stereocenters. The second-order valence-corrected chi connectivity index (χ2v) is 6.85. The molecule has 3 N–H and O–H groups in total. The molecule has 1 aromatic rings. The molecule has 0 unspecified atom stereocenters. The monoisotopic (exact) mass is 360 g/mol. The molecule has 2 rings (SSSR count). The maximum Gasteiger partial charge on any atom is 0.314 e. The molecule has 144 valence electrons. The average Bonchev–Trinajstić information content (AvgIpc) is 3.12. The lowest BCUT2D eigenvalue weighted by atomic mass is 10.2. The van der Waals surface area contributed by atoms with Crippen LogP contribution in [0.5, 0.6) is 0 Å². The third-order valence-corrected chi connectivity index (χ3v) is 4.86. The first-order chi connectivity index (χ1) is 12.6. The van der Waals surface area contributed by atoms with Gasteiger partial charge in [-0.1, -0.05) is 31.0 Å². The number of hydrogen-bond acceptors (Lipinski definition) is 3. The van der Waals surface area contributed by atoms with E-state index in [4.69, 9.17) is 0 Å². The van der Waals surface area contributed by atoms with E-state index in [0.29, 0.717) is 25.6 Å². The minimum atomic E-state index is -0.223. The van der Waals surface area contributed by atoms with Gasteiger partial charge in [-0.05, 0) is 38.3 Å². The van der Waals surface area contributed by atoms with Crippen LogP contribution in [-0.4, -0.2) is 44.2 Å². The minimum absolute atomic E-state index is 0.0221. The van der Waals surface area contributed by atoms with E-state index in [9.17, 15) is 9.59 Å². The van der Waals surface area contributed by atoms with Crippen molar-refractivity contribution in [2.24, 2.45) is 0 Å². The van der Waals surface area contributed by atoms with Gasteiger partial charge in [-0.25, -0.2) is 4.79 Å². The number of likely N-dealkylation sites (N-methyl/N-ethyl adjacent to an activating group) is 1. The van der Waals surface area contributed by atoms with E-state index in [0.717, 1.165) is 25.9 Å². The molecule has 26 heavy (non-hydrogen) atoms. The van der Waals surface area contributed by atoms with E-state index < -0.39 is 0 Å². The minimum Gasteiger partial charge on any atom is -0.370 e. The van der Waals surface area contributed by atoms with Crippen molar-refractivity contribution in [3.63, 3.8) is 0 Å². The van der Waals surface area contributed by atoms with Crippen LogP contribution >= 0.6 is 0 Å². The zero-order valence-corrected chi connectivity index (χ0v) is 16.0. The molecule has 6 nitrogen and oxygen atoms in total. The van der Waals surface area contributed by atoms with Gasteiger partial charge < -0.3 is 20.9 Å². The molecule has 0 bridgehead atoms. The Labute approximate surface area is 156 Å². The molecular formula is C20H32N4O2. The highest BCUT2D eigenvalue weighted by Gasteiger charge is 2.16. The van der Waals surface area contributed by atoms with Gasteiger partial charge in [-0.2, -0.15) is 0 Å². The summed E-state index contributed by atoms with van der Waals surface area (Å²) in [5.41, 5.74) is 2.42. The third-order valence-electron chi connectivity index (χ3n) is 4.86. The van der Waals surface area contributed by atoms with Crippen molar-refractivity contribution in [1.82, 2.24) is 16.0 Å². The summed E-state index contributed by atoms with van der Waals surface area (Å²) >= 11 is 0. The number of carbonyl (C=O) groups is 2. The number of carbonyl (C=O) groups excluding carboxylic acids is 2. The molecule has 0 spiro atoms. The highest BCUT2D eigenvalue weighted by Crippen LogP contribution is 2.18. The molecule has 6 heteroatoms. The van der Waals surface area contributed by atoms with E-state index in [-0.39, 0.29) is 11.9 Å². The van der Waals surface area contributed by atoms with E-state index in [1.807, 2.05) is 12.1 Å². The fraction of sp³-hybridized carbons (Fsp3) is 0.600. The zero-order chi connectivity index (χ0) is 18.8. The number of rotatable bonds is 9. The smallest absolute Gasteiger partial charge is 0.314 e. The van der Waals surface area contributed by atoms with Crippen LogP contribution in [0.2, 0.25) is 0 Å². The van der Waals surface area contributed by atoms with Gasteiger partial charge in [0.2, 0.25) is 5.91 Å². The van der Waals surface area contributed by atoms with Crippen molar-refractivity contribution in [3.05, 3.63) is 29.8 Å². The van der Waals surface area contributed by atoms with Gasteiger partial charge in [-0.15, -0.1) is 0 Å². The van der Waals surface area contributed by atoms with Crippen LogP contribution in [0.25, 0.3) is 0 Å². The largest absolute Gasteiger partial charge is 0.370 e. The SMILES string of the molecule is CCN(CCNC(=O)NCCC(=O)NC1CCCC1)c1ccccc1C. The number of anilines is 1. The standard InChI is InChI=1S/C20H32N4O2/c1-3-24(18-11-7-4-8-16(18)2)15-14-22-20(26)21-13-12-19(25)23-17-9-5-6-10-17/h4,7-8,11,17H,3,5-6,9-10,12-15H2,1-2H3,(H,23,25)(H2,21,22,26). The van der Waals surface area contributed by atoms with E-state index >= 15 is 0 Å². The summed E-state index contributed by atoms with van der Waals surface area (Å²) < 4.78 is 0. The Kier molecular flexibility index (Phi) is 8.25. The zero-order valence-electron chi connectivity index (χ0n) is 16.0. The van der Waals surface area contributed by atoms with Crippen molar-refractivity contribution in [2.75, 3.05) is 31.1 Å². The summed E-state index contributed by atoms with van der Waals surface area (Å²) in [5, 5.41) is 8.64. The van der Waals surface area contributed by atoms with Crippen molar-refractivity contribution >= 4 is 17.6 Å². The summed E-state index contributed by atoms with van der Waals surface area (Å²) in [4.78, 5) is 25.9. The Morgan fingerprint density at radius 1 is 1.12 bits per heavy atom. The Morgan fingerprint density at radius 3 is 2.50 bits per heavy atom. The molecule has 0 aromatic heterocycles. The molecule has 1 aliphatic rings.